The molecule has 2 aromatic heterocycles. The predicted octanol–water partition coefficient (Wildman–Crippen LogP) is 2.47. The minimum Gasteiger partial charge on any atom is -0.346 e. The summed E-state index contributed by atoms with van der Waals surface area (Å²) in [5.41, 5.74) is 4.51. The first-order valence-corrected chi connectivity index (χ1v) is 8.00. The lowest BCUT2D eigenvalue weighted by atomic mass is 9.89. The number of nitrogens with zero attached hydrogens (tertiary/aromatic N) is 3. The SMILES string of the molecule is Cc1nc2c([nH]1)CC(C(=O)Nc1cccc3nsnc13)CC2. The van der Waals surface area contributed by atoms with Crippen LogP contribution in [0.4, 0.5) is 5.69 Å². The summed E-state index contributed by atoms with van der Waals surface area (Å²) in [7, 11) is 0. The Balaban J connectivity index is 1.54. The number of hydrogen-bond acceptors (Lipinski definition) is 5. The van der Waals surface area contributed by atoms with Crippen LogP contribution in [0.2, 0.25) is 0 Å². The number of benzene rings is 1. The lowest BCUT2D eigenvalue weighted by molar-refractivity contribution is -0.120. The minimum atomic E-state index is -0.0331. The third-order valence-electron chi connectivity index (χ3n) is 4.08. The van der Waals surface area contributed by atoms with Gasteiger partial charge in [0.2, 0.25) is 5.91 Å². The molecule has 0 aliphatic heterocycles. The molecular formula is C15H15N5OS. The molecule has 1 aromatic carbocycles. The van der Waals surface area contributed by atoms with Crippen molar-refractivity contribution < 1.29 is 4.79 Å². The van der Waals surface area contributed by atoms with Crippen molar-refractivity contribution in [1.29, 1.82) is 0 Å². The van der Waals surface area contributed by atoms with Crippen molar-refractivity contribution in [3.8, 4) is 0 Å². The number of rotatable bonds is 2. The van der Waals surface area contributed by atoms with Crippen molar-refractivity contribution in [1.82, 2.24) is 18.7 Å². The van der Waals surface area contributed by atoms with Crippen LogP contribution in [0.15, 0.2) is 18.2 Å². The highest BCUT2D eigenvalue weighted by Crippen LogP contribution is 2.27. The number of amides is 1. The van der Waals surface area contributed by atoms with Crippen molar-refractivity contribution in [3.63, 3.8) is 0 Å². The molecule has 0 saturated carbocycles. The Morgan fingerprint density at radius 2 is 2.32 bits per heavy atom. The number of carbonyl (C=O) groups is 1. The number of carbonyl (C=O) groups excluding carboxylic acids is 1. The summed E-state index contributed by atoms with van der Waals surface area (Å²) in [5, 5.41) is 3.01. The van der Waals surface area contributed by atoms with Gasteiger partial charge >= 0.3 is 0 Å². The molecule has 0 spiro atoms. The summed E-state index contributed by atoms with van der Waals surface area (Å²) in [6, 6.07) is 5.65. The largest absolute Gasteiger partial charge is 0.346 e. The van der Waals surface area contributed by atoms with Crippen LogP contribution in [0.1, 0.15) is 23.6 Å². The summed E-state index contributed by atoms with van der Waals surface area (Å²) >= 11 is 1.16. The fourth-order valence-electron chi connectivity index (χ4n) is 2.99. The average molecular weight is 313 g/mol. The molecule has 1 atom stereocenters. The second-order valence-electron chi connectivity index (χ2n) is 5.61. The predicted molar refractivity (Wildman–Crippen MR) is 84.9 cm³/mol. The first kappa shape index (κ1) is 13.4. The Labute approximate surface area is 131 Å². The molecule has 112 valence electrons. The molecule has 0 radical (unpaired) electrons. The van der Waals surface area contributed by atoms with Crippen molar-refractivity contribution in [2.75, 3.05) is 5.32 Å². The van der Waals surface area contributed by atoms with E-state index in [4.69, 9.17) is 0 Å². The number of anilines is 1. The lowest BCUT2D eigenvalue weighted by Crippen LogP contribution is -2.28. The third kappa shape index (κ3) is 2.27. The number of imidazole rings is 1. The molecule has 6 nitrogen and oxygen atoms in total. The van der Waals surface area contributed by atoms with Gasteiger partial charge in [0.05, 0.1) is 23.1 Å². The average Bonchev–Trinajstić information content (AvgIpc) is 3.11. The highest BCUT2D eigenvalue weighted by molar-refractivity contribution is 7.00. The molecule has 2 heterocycles. The monoisotopic (exact) mass is 313 g/mol. The first-order valence-electron chi connectivity index (χ1n) is 7.27. The van der Waals surface area contributed by atoms with Gasteiger partial charge in [-0.1, -0.05) is 6.07 Å². The fourth-order valence-corrected chi connectivity index (χ4v) is 3.54. The summed E-state index contributed by atoms with van der Waals surface area (Å²) in [4.78, 5) is 20.3. The zero-order valence-corrected chi connectivity index (χ0v) is 12.9. The van der Waals surface area contributed by atoms with Crippen LogP contribution in [0, 0.1) is 12.8 Å². The van der Waals surface area contributed by atoms with E-state index in [0.717, 1.165) is 58.5 Å². The quantitative estimate of drug-likeness (QED) is 0.761. The van der Waals surface area contributed by atoms with E-state index in [1.807, 2.05) is 25.1 Å². The van der Waals surface area contributed by atoms with E-state index in [9.17, 15) is 4.79 Å². The molecular weight excluding hydrogens is 298 g/mol. The molecule has 1 amide bonds. The van der Waals surface area contributed by atoms with Crippen molar-refractivity contribution >= 4 is 34.4 Å². The maximum Gasteiger partial charge on any atom is 0.227 e. The van der Waals surface area contributed by atoms with Gasteiger partial charge in [0.1, 0.15) is 16.9 Å². The van der Waals surface area contributed by atoms with Gasteiger partial charge in [-0.05, 0) is 31.9 Å². The Morgan fingerprint density at radius 1 is 1.41 bits per heavy atom. The molecule has 4 rings (SSSR count). The van der Waals surface area contributed by atoms with Gasteiger partial charge in [0, 0.05) is 18.0 Å². The topological polar surface area (TPSA) is 83.6 Å². The number of hydrogen-bond donors (Lipinski definition) is 2. The lowest BCUT2D eigenvalue weighted by Gasteiger charge is -2.20. The van der Waals surface area contributed by atoms with Gasteiger partial charge < -0.3 is 10.3 Å². The fraction of sp³-hybridized carbons (Fsp3) is 0.333. The summed E-state index contributed by atoms with van der Waals surface area (Å²) in [5.74, 6) is 0.928. The van der Waals surface area contributed by atoms with Crippen LogP contribution in [-0.4, -0.2) is 24.6 Å². The van der Waals surface area contributed by atoms with Crippen molar-refractivity contribution in [2.24, 2.45) is 5.92 Å². The normalized spacial score (nSPS) is 17.4. The molecule has 0 saturated heterocycles. The molecule has 1 aliphatic rings. The first-order chi connectivity index (χ1) is 10.7. The third-order valence-corrected chi connectivity index (χ3v) is 4.62. The molecule has 3 aromatic rings. The highest BCUT2D eigenvalue weighted by Gasteiger charge is 2.27. The van der Waals surface area contributed by atoms with Crippen LogP contribution in [0.25, 0.3) is 11.0 Å². The maximum atomic E-state index is 12.6. The number of H-pyrrole nitrogens is 1. The van der Waals surface area contributed by atoms with Crippen LogP contribution < -0.4 is 5.32 Å². The Bertz CT molecular complexity index is 853. The van der Waals surface area contributed by atoms with E-state index >= 15 is 0 Å². The summed E-state index contributed by atoms with van der Waals surface area (Å²) in [6.45, 7) is 1.95. The van der Waals surface area contributed by atoms with E-state index in [-0.39, 0.29) is 11.8 Å². The zero-order valence-electron chi connectivity index (χ0n) is 12.1. The van der Waals surface area contributed by atoms with E-state index in [2.05, 4.69) is 24.0 Å². The molecule has 7 heteroatoms. The van der Waals surface area contributed by atoms with Gasteiger partial charge in [-0.2, -0.15) is 8.75 Å². The van der Waals surface area contributed by atoms with Crippen LogP contribution in [0.3, 0.4) is 0 Å². The zero-order chi connectivity index (χ0) is 15.1. The van der Waals surface area contributed by atoms with Crippen molar-refractivity contribution in [3.05, 3.63) is 35.4 Å². The van der Waals surface area contributed by atoms with E-state index in [1.165, 1.54) is 0 Å². The second kappa shape index (κ2) is 5.17. The van der Waals surface area contributed by atoms with E-state index in [1.54, 1.807) is 0 Å². The molecule has 1 unspecified atom stereocenters. The Kier molecular flexibility index (Phi) is 3.15. The molecule has 0 bridgehead atoms. The summed E-state index contributed by atoms with van der Waals surface area (Å²) < 4.78 is 8.45. The molecule has 22 heavy (non-hydrogen) atoms. The van der Waals surface area contributed by atoms with Crippen LogP contribution in [-0.2, 0) is 17.6 Å². The van der Waals surface area contributed by atoms with E-state index in [0.29, 0.717) is 6.42 Å². The maximum absolute atomic E-state index is 12.6. The van der Waals surface area contributed by atoms with Gasteiger partial charge in [0.15, 0.2) is 0 Å². The number of aromatic amines is 1. The van der Waals surface area contributed by atoms with E-state index < -0.39 is 0 Å². The molecule has 0 fully saturated rings. The van der Waals surface area contributed by atoms with Gasteiger partial charge in [-0.25, -0.2) is 4.98 Å². The smallest absolute Gasteiger partial charge is 0.227 e. The number of fused-ring (bicyclic) bond motifs is 2. The summed E-state index contributed by atoms with van der Waals surface area (Å²) in [6.07, 6.45) is 2.39. The Morgan fingerprint density at radius 3 is 3.23 bits per heavy atom. The second-order valence-corrected chi connectivity index (χ2v) is 6.14. The number of aromatic nitrogens is 4. The number of nitrogens with one attached hydrogen (secondary N) is 2. The van der Waals surface area contributed by atoms with Crippen LogP contribution >= 0.6 is 11.7 Å². The van der Waals surface area contributed by atoms with Gasteiger partial charge in [0.25, 0.3) is 0 Å². The number of aryl methyl sites for hydroxylation is 2. The molecule has 1 aliphatic carbocycles. The molecule has 2 N–H and O–H groups in total. The van der Waals surface area contributed by atoms with Crippen LogP contribution in [0.5, 0.6) is 0 Å². The highest BCUT2D eigenvalue weighted by atomic mass is 32.1. The Hall–Kier alpha value is -2.28. The van der Waals surface area contributed by atoms with Gasteiger partial charge in [-0.3, -0.25) is 4.79 Å². The standard InChI is InChI=1S/C15H15N5OS/c1-8-16-10-6-5-9(7-13(10)17-8)15(21)18-11-3-2-4-12-14(11)20-22-19-12/h2-4,9H,5-7H2,1H3,(H,16,17)(H,18,21). The van der Waals surface area contributed by atoms with Gasteiger partial charge in [-0.15, -0.1) is 0 Å². The van der Waals surface area contributed by atoms with Crippen molar-refractivity contribution in [2.45, 2.75) is 26.2 Å². The minimum absolute atomic E-state index is 0.0331.